The molecular formula is C22H32N3O7+. The van der Waals surface area contributed by atoms with Crippen LogP contribution in [0, 0.1) is 5.92 Å². The lowest BCUT2D eigenvalue weighted by Gasteiger charge is -2.11. The van der Waals surface area contributed by atoms with E-state index in [2.05, 4.69) is 15.0 Å². The van der Waals surface area contributed by atoms with Gasteiger partial charge in [0.2, 0.25) is 0 Å². The zero-order valence-corrected chi connectivity index (χ0v) is 18.9. The number of nitrogens with one attached hydrogen (secondary N) is 1. The minimum Gasteiger partial charge on any atom is -0.465 e. The van der Waals surface area contributed by atoms with Crippen molar-refractivity contribution in [1.82, 2.24) is 4.98 Å². The van der Waals surface area contributed by atoms with Crippen molar-refractivity contribution < 1.29 is 38.9 Å². The van der Waals surface area contributed by atoms with Gasteiger partial charge in [-0.25, -0.2) is 9.78 Å². The lowest BCUT2D eigenvalue weighted by atomic mass is 10.0. The highest BCUT2D eigenvalue weighted by molar-refractivity contribution is 6.03. The van der Waals surface area contributed by atoms with Crippen LogP contribution in [-0.2, 0) is 9.47 Å². The lowest BCUT2D eigenvalue weighted by molar-refractivity contribution is -0.765. The van der Waals surface area contributed by atoms with Crippen molar-refractivity contribution in [2.45, 2.75) is 39.2 Å². The van der Waals surface area contributed by atoms with Crippen molar-refractivity contribution >= 4 is 17.7 Å². The summed E-state index contributed by atoms with van der Waals surface area (Å²) in [5, 5.41) is 29.4. The van der Waals surface area contributed by atoms with E-state index in [9.17, 15) is 19.8 Å². The molecule has 0 spiro atoms. The first-order valence-electron chi connectivity index (χ1n) is 10.2. The number of hydrogen-bond acceptors (Lipinski definition) is 8. The van der Waals surface area contributed by atoms with Gasteiger partial charge in [0.05, 0.1) is 25.4 Å². The van der Waals surface area contributed by atoms with E-state index in [0.29, 0.717) is 5.56 Å². The molecule has 10 nitrogen and oxygen atoms in total. The Morgan fingerprint density at radius 2 is 1.91 bits per heavy atom. The van der Waals surface area contributed by atoms with Gasteiger partial charge in [-0.3, -0.25) is 4.79 Å². The molecule has 1 amide bonds. The van der Waals surface area contributed by atoms with Crippen LogP contribution in [0.25, 0.3) is 0 Å². The van der Waals surface area contributed by atoms with Crippen LogP contribution < -0.4 is 9.88 Å². The zero-order valence-electron chi connectivity index (χ0n) is 18.9. The number of amides is 1. The predicted molar refractivity (Wildman–Crippen MR) is 116 cm³/mol. The quantitative estimate of drug-likeness (QED) is 0.389. The second kappa shape index (κ2) is 13.5. The fraction of sp³-hybridized carbons (Fsp3) is 0.455. The van der Waals surface area contributed by atoms with Crippen LogP contribution in [0.1, 0.15) is 47.7 Å². The number of hydrogen-bond donors (Lipinski definition) is 4. The van der Waals surface area contributed by atoms with Crippen molar-refractivity contribution in [2.75, 3.05) is 26.1 Å². The number of aliphatic hydroxyl groups excluding tert-OH is 3. The summed E-state index contributed by atoms with van der Waals surface area (Å²) in [5.41, 5.74) is 0.607. The van der Waals surface area contributed by atoms with E-state index in [1.54, 1.807) is 36.0 Å². The van der Waals surface area contributed by atoms with Gasteiger partial charge in [-0.1, -0.05) is 20.8 Å². The maximum absolute atomic E-state index is 12.5. The van der Waals surface area contributed by atoms with Crippen LogP contribution in [0.5, 0.6) is 0 Å². The van der Waals surface area contributed by atoms with E-state index >= 15 is 0 Å². The summed E-state index contributed by atoms with van der Waals surface area (Å²) in [6.07, 6.45) is 2.57. The molecule has 2 aromatic heterocycles. The number of anilines is 1. The van der Waals surface area contributed by atoms with Crippen LogP contribution in [0.3, 0.4) is 0 Å². The Hall–Kier alpha value is -2.92. The number of esters is 1. The van der Waals surface area contributed by atoms with E-state index in [0.717, 1.165) is 7.11 Å². The standard InChI is InChI=1S/C19H21N3O6.C2H6.CH4O/c1-11-14(10-23)28-18(16(11)24)22-7-3-4-13(9-22)17(25)21-15-6-5-12(8-20-15)19(26)27-2;2*1-2/h3-9,11,14,16,18,23-24H,10H2,1-2H3;1-2H3;2H,1H3/p+1/t11-,14?,16-,18?;;/m1../s1. The number of carbonyl (C=O) groups excluding carboxylic acids is 2. The molecule has 1 saturated heterocycles. The summed E-state index contributed by atoms with van der Waals surface area (Å²) in [6, 6.07) is 6.27. The van der Waals surface area contributed by atoms with Crippen LogP contribution >= 0.6 is 0 Å². The molecule has 4 atom stereocenters. The molecule has 0 aliphatic carbocycles. The van der Waals surface area contributed by atoms with Crippen molar-refractivity contribution in [3.63, 3.8) is 0 Å². The van der Waals surface area contributed by atoms with Gasteiger partial charge >= 0.3 is 5.97 Å². The van der Waals surface area contributed by atoms with E-state index in [4.69, 9.17) is 9.84 Å². The van der Waals surface area contributed by atoms with E-state index in [1.165, 1.54) is 25.4 Å². The fourth-order valence-corrected chi connectivity index (χ4v) is 3.00. The third kappa shape index (κ3) is 6.54. The number of aromatic nitrogens is 2. The lowest BCUT2D eigenvalue weighted by Crippen LogP contribution is -2.45. The minimum absolute atomic E-state index is 0.192. The third-order valence-corrected chi connectivity index (χ3v) is 4.72. The first kappa shape index (κ1) is 27.1. The van der Waals surface area contributed by atoms with E-state index in [-0.39, 0.29) is 23.9 Å². The zero-order chi connectivity index (χ0) is 24.3. The summed E-state index contributed by atoms with van der Waals surface area (Å²) in [5.74, 6) is -0.886. The smallest absolute Gasteiger partial charge is 0.339 e. The Kier molecular flexibility index (Phi) is 11.4. The van der Waals surface area contributed by atoms with Crippen LogP contribution in [0.15, 0.2) is 42.9 Å². The van der Waals surface area contributed by atoms with Crippen molar-refractivity contribution in [2.24, 2.45) is 5.92 Å². The summed E-state index contributed by atoms with van der Waals surface area (Å²) >= 11 is 0. The Morgan fingerprint density at radius 3 is 2.44 bits per heavy atom. The molecule has 3 rings (SSSR count). The maximum Gasteiger partial charge on any atom is 0.339 e. The number of nitrogens with zero attached hydrogens (tertiary/aromatic N) is 2. The molecule has 1 aliphatic rings. The molecule has 3 heterocycles. The van der Waals surface area contributed by atoms with Crippen molar-refractivity contribution in [3.05, 3.63) is 54.0 Å². The topological polar surface area (TPSA) is 142 Å². The molecule has 2 aromatic rings. The van der Waals surface area contributed by atoms with Crippen LogP contribution in [-0.4, -0.2) is 65.2 Å². The molecule has 0 bridgehead atoms. The number of rotatable bonds is 5. The van der Waals surface area contributed by atoms with Gasteiger partial charge in [0.15, 0.2) is 12.4 Å². The highest BCUT2D eigenvalue weighted by Crippen LogP contribution is 2.30. The monoisotopic (exact) mass is 450 g/mol. The minimum atomic E-state index is -0.812. The molecule has 4 N–H and O–H groups in total. The normalized spacial score (nSPS) is 21.4. The van der Waals surface area contributed by atoms with Crippen LogP contribution in [0.2, 0.25) is 0 Å². The van der Waals surface area contributed by atoms with Gasteiger partial charge in [-0.05, 0) is 18.2 Å². The van der Waals surface area contributed by atoms with Gasteiger partial charge in [0.1, 0.15) is 17.5 Å². The maximum atomic E-state index is 12.5. The SMILES string of the molecule is CC.CO.COC(=O)c1ccc(NC(=O)c2ccc[n+](C3OC(CO)[C@@H](C)[C@H]3O)c2)nc1. The second-order valence-corrected chi connectivity index (χ2v) is 6.52. The largest absolute Gasteiger partial charge is 0.465 e. The molecule has 0 saturated carbocycles. The number of ether oxygens (including phenoxy) is 2. The van der Waals surface area contributed by atoms with Crippen LogP contribution in [0.4, 0.5) is 5.82 Å². The van der Waals surface area contributed by atoms with Gasteiger partial charge < -0.3 is 30.1 Å². The first-order valence-corrected chi connectivity index (χ1v) is 10.2. The Bertz CT molecular complexity index is 861. The molecule has 10 heteroatoms. The van der Waals surface area contributed by atoms with Gasteiger partial charge in [0, 0.05) is 25.3 Å². The highest BCUT2D eigenvalue weighted by atomic mass is 16.5. The molecule has 176 valence electrons. The van der Waals surface area contributed by atoms with Gasteiger partial charge in [-0.15, -0.1) is 0 Å². The first-order chi connectivity index (χ1) is 15.4. The highest BCUT2D eigenvalue weighted by Gasteiger charge is 2.46. The van der Waals surface area contributed by atoms with Crippen molar-refractivity contribution in [3.8, 4) is 0 Å². The Balaban J connectivity index is 0.00000121. The van der Waals surface area contributed by atoms with Gasteiger partial charge in [0.25, 0.3) is 12.1 Å². The fourth-order valence-electron chi connectivity index (χ4n) is 3.00. The van der Waals surface area contributed by atoms with Gasteiger partial charge in [-0.2, -0.15) is 4.57 Å². The Labute approximate surface area is 187 Å². The average molecular weight is 451 g/mol. The summed E-state index contributed by atoms with van der Waals surface area (Å²) in [4.78, 5) is 28.0. The summed E-state index contributed by atoms with van der Waals surface area (Å²) < 4.78 is 11.9. The second-order valence-electron chi connectivity index (χ2n) is 6.52. The summed E-state index contributed by atoms with van der Waals surface area (Å²) in [7, 11) is 2.27. The van der Waals surface area contributed by atoms with E-state index < -0.39 is 30.3 Å². The molecule has 0 aromatic carbocycles. The number of carbonyl (C=O) groups is 2. The number of pyridine rings is 2. The molecule has 0 radical (unpaired) electrons. The number of aliphatic hydroxyl groups is 3. The molecule has 32 heavy (non-hydrogen) atoms. The molecule has 2 unspecified atom stereocenters. The molecule has 1 aliphatic heterocycles. The third-order valence-electron chi connectivity index (χ3n) is 4.72. The molecule has 1 fully saturated rings. The predicted octanol–water partition coefficient (Wildman–Crippen LogP) is 0.929. The Morgan fingerprint density at radius 1 is 1.22 bits per heavy atom. The number of methoxy groups -OCH3 is 1. The average Bonchev–Trinajstić information content (AvgIpc) is 3.15. The van der Waals surface area contributed by atoms with Crippen molar-refractivity contribution in [1.29, 1.82) is 0 Å². The molecular weight excluding hydrogens is 418 g/mol. The summed E-state index contributed by atoms with van der Waals surface area (Å²) in [6.45, 7) is 5.61. The van der Waals surface area contributed by atoms with E-state index in [1.807, 2.05) is 13.8 Å².